The Morgan fingerprint density at radius 3 is 2.57 bits per heavy atom. The Hall–Kier alpha value is -1.96. The van der Waals surface area contributed by atoms with Gasteiger partial charge in [0.05, 0.1) is 6.61 Å². The van der Waals surface area contributed by atoms with E-state index in [1.807, 2.05) is 6.07 Å². The smallest absolute Gasteiger partial charge is 0.119 e. The Morgan fingerprint density at radius 2 is 1.86 bits per heavy atom. The van der Waals surface area contributed by atoms with Gasteiger partial charge in [0, 0.05) is 12.2 Å². The molecule has 0 aliphatic heterocycles. The van der Waals surface area contributed by atoms with Crippen LogP contribution in [0.1, 0.15) is 30.5 Å². The second-order valence-electron chi connectivity index (χ2n) is 6.02. The summed E-state index contributed by atoms with van der Waals surface area (Å²) in [6.07, 6.45) is 0. The Kier molecular flexibility index (Phi) is 5.26. The zero-order chi connectivity index (χ0) is 15.2. The molecule has 0 aromatic heterocycles. The molecule has 0 amide bonds. The third kappa shape index (κ3) is 4.82. The van der Waals surface area contributed by atoms with Gasteiger partial charge in [0.15, 0.2) is 0 Å². The van der Waals surface area contributed by atoms with E-state index >= 15 is 0 Å². The van der Waals surface area contributed by atoms with Crippen LogP contribution in [-0.4, -0.2) is 6.61 Å². The average molecular weight is 283 g/mol. The molecule has 1 N–H and O–H groups in total. The summed E-state index contributed by atoms with van der Waals surface area (Å²) < 4.78 is 5.77. The van der Waals surface area contributed by atoms with E-state index in [9.17, 15) is 0 Å². The van der Waals surface area contributed by atoms with Gasteiger partial charge in [-0.3, -0.25) is 0 Å². The number of benzene rings is 2. The second kappa shape index (κ2) is 7.16. The van der Waals surface area contributed by atoms with Crippen LogP contribution in [0.3, 0.4) is 0 Å². The van der Waals surface area contributed by atoms with Crippen molar-refractivity contribution in [3.05, 3.63) is 59.2 Å². The number of aryl methyl sites for hydroxylation is 2. The van der Waals surface area contributed by atoms with Crippen molar-refractivity contribution in [1.82, 2.24) is 0 Å². The van der Waals surface area contributed by atoms with Crippen molar-refractivity contribution in [3.8, 4) is 5.75 Å². The first-order chi connectivity index (χ1) is 10.0. The van der Waals surface area contributed by atoms with Gasteiger partial charge in [-0.1, -0.05) is 43.7 Å². The van der Waals surface area contributed by atoms with Crippen LogP contribution in [0.4, 0.5) is 5.69 Å². The highest BCUT2D eigenvalue weighted by atomic mass is 16.5. The predicted octanol–water partition coefficient (Wildman–Crippen LogP) is 4.95. The number of hydrogen-bond donors (Lipinski definition) is 1. The lowest BCUT2D eigenvalue weighted by Crippen LogP contribution is -2.05. The highest BCUT2D eigenvalue weighted by molar-refractivity contribution is 5.52. The molecule has 2 aromatic carbocycles. The number of nitrogens with one attached hydrogen (secondary N) is 1. The summed E-state index contributed by atoms with van der Waals surface area (Å²) in [5.41, 5.74) is 5.00. The van der Waals surface area contributed by atoms with Crippen molar-refractivity contribution in [3.63, 3.8) is 0 Å². The molecule has 0 aliphatic rings. The van der Waals surface area contributed by atoms with Crippen molar-refractivity contribution in [2.24, 2.45) is 5.92 Å². The van der Waals surface area contributed by atoms with E-state index in [4.69, 9.17) is 4.74 Å². The van der Waals surface area contributed by atoms with Gasteiger partial charge >= 0.3 is 0 Å². The van der Waals surface area contributed by atoms with Crippen molar-refractivity contribution in [2.45, 2.75) is 34.2 Å². The average Bonchev–Trinajstić information content (AvgIpc) is 2.45. The van der Waals surface area contributed by atoms with E-state index in [1.54, 1.807) is 0 Å². The van der Waals surface area contributed by atoms with Crippen LogP contribution < -0.4 is 10.1 Å². The monoisotopic (exact) mass is 283 g/mol. The van der Waals surface area contributed by atoms with Crippen LogP contribution in [0.15, 0.2) is 42.5 Å². The SMILES string of the molecule is Cc1ccc(NCc2cccc(OCC(C)C)c2)c(C)c1. The zero-order valence-corrected chi connectivity index (χ0v) is 13.4. The molecule has 2 nitrogen and oxygen atoms in total. The maximum absolute atomic E-state index is 5.77. The van der Waals surface area contributed by atoms with E-state index in [0.717, 1.165) is 18.9 Å². The van der Waals surface area contributed by atoms with Crippen LogP contribution in [-0.2, 0) is 6.54 Å². The van der Waals surface area contributed by atoms with Gasteiger partial charge in [-0.05, 0) is 49.1 Å². The molecule has 0 saturated heterocycles. The third-order valence-corrected chi connectivity index (χ3v) is 3.35. The molecule has 2 aromatic rings. The summed E-state index contributed by atoms with van der Waals surface area (Å²) in [5, 5.41) is 3.49. The summed E-state index contributed by atoms with van der Waals surface area (Å²) in [6.45, 7) is 10.1. The molecule has 2 heteroatoms. The first-order valence-corrected chi connectivity index (χ1v) is 7.57. The molecular formula is C19H25NO. The number of ether oxygens (including phenoxy) is 1. The van der Waals surface area contributed by atoms with Crippen molar-refractivity contribution in [2.75, 3.05) is 11.9 Å². The van der Waals surface area contributed by atoms with E-state index in [0.29, 0.717) is 5.92 Å². The predicted molar refractivity (Wildman–Crippen MR) is 90.0 cm³/mol. The maximum Gasteiger partial charge on any atom is 0.119 e. The summed E-state index contributed by atoms with van der Waals surface area (Å²) in [5.74, 6) is 1.49. The minimum atomic E-state index is 0.544. The molecular weight excluding hydrogens is 258 g/mol. The zero-order valence-electron chi connectivity index (χ0n) is 13.4. The Balaban J connectivity index is 1.98. The van der Waals surface area contributed by atoms with Gasteiger partial charge < -0.3 is 10.1 Å². The third-order valence-electron chi connectivity index (χ3n) is 3.35. The van der Waals surface area contributed by atoms with Crippen LogP contribution >= 0.6 is 0 Å². The van der Waals surface area contributed by atoms with Gasteiger partial charge in [-0.2, -0.15) is 0 Å². The molecule has 112 valence electrons. The molecule has 0 unspecified atom stereocenters. The maximum atomic E-state index is 5.77. The Bertz CT molecular complexity index is 590. The van der Waals surface area contributed by atoms with E-state index in [2.05, 4.69) is 69.4 Å². The molecule has 0 spiro atoms. The van der Waals surface area contributed by atoms with Gasteiger partial charge in [-0.25, -0.2) is 0 Å². The quantitative estimate of drug-likeness (QED) is 0.810. The summed E-state index contributed by atoms with van der Waals surface area (Å²) in [4.78, 5) is 0. The van der Waals surface area contributed by atoms with Gasteiger partial charge in [0.1, 0.15) is 5.75 Å². The molecule has 0 radical (unpaired) electrons. The van der Waals surface area contributed by atoms with Gasteiger partial charge in [0.25, 0.3) is 0 Å². The van der Waals surface area contributed by atoms with E-state index in [-0.39, 0.29) is 0 Å². The van der Waals surface area contributed by atoms with Gasteiger partial charge in [0.2, 0.25) is 0 Å². The van der Waals surface area contributed by atoms with Crippen molar-refractivity contribution in [1.29, 1.82) is 0 Å². The van der Waals surface area contributed by atoms with Crippen molar-refractivity contribution < 1.29 is 4.74 Å². The van der Waals surface area contributed by atoms with Crippen molar-refractivity contribution >= 4 is 5.69 Å². The van der Waals surface area contributed by atoms with Crippen LogP contribution in [0, 0.1) is 19.8 Å². The molecule has 0 saturated carbocycles. The first-order valence-electron chi connectivity index (χ1n) is 7.57. The van der Waals surface area contributed by atoms with E-state index < -0.39 is 0 Å². The number of anilines is 1. The molecule has 0 fully saturated rings. The fourth-order valence-electron chi connectivity index (χ4n) is 2.22. The normalized spacial score (nSPS) is 10.7. The summed E-state index contributed by atoms with van der Waals surface area (Å²) in [7, 11) is 0. The van der Waals surface area contributed by atoms with Crippen LogP contribution in [0.5, 0.6) is 5.75 Å². The lowest BCUT2D eigenvalue weighted by molar-refractivity contribution is 0.271. The number of rotatable bonds is 6. The first kappa shape index (κ1) is 15.4. The highest BCUT2D eigenvalue weighted by Gasteiger charge is 2.01. The molecule has 2 rings (SSSR count). The Labute approximate surface area is 128 Å². The van der Waals surface area contributed by atoms with Crippen LogP contribution in [0.2, 0.25) is 0 Å². The standard InChI is InChI=1S/C19H25NO/c1-14(2)13-21-18-7-5-6-17(11-18)12-20-19-9-8-15(3)10-16(19)4/h5-11,14,20H,12-13H2,1-4H3. The molecule has 0 heterocycles. The molecule has 0 aliphatic carbocycles. The molecule has 0 bridgehead atoms. The summed E-state index contributed by atoms with van der Waals surface area (Å²) in [6, 6.07) is 14.8. The molecule has 0 atom stereocenters. The lowest BCUT2D eigenvalue weighted by atomic mass is 10.1. The number of hydrogen-bond acceptors (Lipinski definition) is 2. The fraction of sp³-hybridized carbons (Fsp3) is 0.368. The lowest BCUT2D eigenvalue weighted by Gasteiger charge is -2.12. The van der Waals surface area contributed by atoms with Gasteiger partial charge in [-0.15, -0.1) is 0 Å². The minimum absolute atomic E-state index is 0.544. The molecule has 21 heavy (non-hydrogen) atoms. The fourth-order valence-corrected chi connectivity index (χ4v) is 2.22. The topological polar surface area (TPSA) is 21.3 Å². The van der Waals surface area contributed by atoms with E-state index in [1.165, 1.54) is 22.4 Å². The van der Waals surface area contributed by atoms with Crippen LogP contribution in [0.25, 0.3) is 0 Å². The summed E-state index contributed by atoms with van der Waals surface area (Å²) >= 11 is 0. The Morgan fingerprint density at radius 1 is 1.05 bits per heavy atom. The highest BCUT2D eigenvalue weighted by Crippen LogP contribution is 2.19. The second-order valence-corrected chi connectivity index (χ2v) is 6.02. The largest absolute Gasteiger partial charge is 0.493 e. The minimum Gasteiger partial charge on any atom is -0.493 e.